The maximum atomic E-state index is 11.4. The van der Waals surface area contributed by atoms with Crippen molar-refractivity contribution >= 4 is 20.6 Å². The number of hydrogen-bond donors (Lipinski definition) is 2. The molecule has 1 atom stereocenters. The van der Waals surface area contributed by atoms with Crippen LogP contribution >= 0.6 is 8.58 Å². The number of aliphatic hydroxyl groups is 1. The molecule has 0 aromatic carbocycles. The second kappa shape index (κ2) is 9.12. The molecule has 0 spiro atoms. The molecule has 0 fully saturated rings. The zero-order valence-electron chi connectivity index (χ0n) is 9.28. The van der Waals surface area contributed by atoms with Crippen LogP contribution in [0.25, 0.3) is 0 Å². The lowest BCUT2D eigenvalue weighted by Gasteiger charge is -2.07. The number of aliphatic hydroxyl groups excluding tert-OH is 1. The first kappa shape index (κ1) is 14.9. The average Bonchev–Trinajstić information content (AvgIpc) is 2.28. The maximum Gasteiger partial charge on any atom is 0.411 e. The summed E-state index contributed by atoms with van der Waals surface area (Å²) in [6.07, 6.45) is 1.31. The van der Waals surface area contributed by atoms with Gasteiger partial charge in [0.05, 0.1) is 20.1 Å². The molecule has 6 nitrogen and oxygen atoms in total. The Morgan fingerprint density at radius 3 is 2.69 bits per heavy atom. The van der Waals surface area contributed by atoms with Gasteiger partial charge >= 0.3 is 12.1 Å². The molecule has 0 aliphatic rings. The lowest BCUT2D eigenvalue weighted by Crippen LogP contribution is -2.28. The van der Waals surface area contributed by atoms with Crippen molar-refractivity contribution in [1.82, 2.24) is 5.32 Å². The van der Waals surface area contributed by atoms with Gasteiger partial charge in [-0.3, -0.25) is 5.32 Å². The molecular formula is C9H16NO5P. The summed E-state index contributed by atoms with van der Waals surface area (Å²) in [6, 6.07) is 0. The minimum absolute atomic E-state index is 0.0367. The molecule has 0 aromatic rings. The van der Waals surface area contributed by atoms with E-state index in [4.69, 9.17) is 9.84 Å². The van der Waals surface area contributed by atoms with Crippen molar-refractivity contribution in [2.75, 3.05) is 26.2 Å². The van der Waals surface area contributed by atoms with E-state index in [-0.39, 0.29) is 27.2 Å². The number of alkyl carbamates (subject to hydrolysis) is 1. The first-order valence-electron chi connectivity index (χ1n) is 4.69. The summed E-state index contributed by atoms with van der Waals surface area (Å²) >= 11 is 0. The second-order valence-electron chi connectivity index (χ2n) is 2.57. The van der Waals surface area contributed by atoms with Crippen molar-refractivity contribution in [1.29, 1.82) is 0 Å². The third-order valence-electron chi connectivity index (χ3n) is 1.48. The summed E-state index contributed by atoms with van der Waals surface area (Å²) in [5, 5.41) is 10.9. The van der Waals surface area contributed by atoms with E-state index in [1.54, 1.807) is 6.92 Å². The zero-order chi connectivity index (χ0) is 12.4. The number of hydrogen-bond acceptors (Lipinski definition) is 5. The van der Waals surface area contributed by atoms with E-state index in [0.29, 0.717) is 6.16 Å². The van der Waals surface area contributed by atoms with Crippen LogP contribution in [0.15, 0.2) is 11.8 Å². The molecule has 0 aliphatic heterocycles. The van der Waals surface area contributed by atoms with Crippen molar-refractivity contribution < 1.29 is 24.2 Å². The van der Waals surface area contributed by atoms with Crippen LogP contribution in [-0.4, -0.2) is 43.4 Å². The lowest BCUT2D eigenvalue weighted by atomic mass is 10.4. The number of carbonyl (C=O) groups is 2. The summed E-state index contributed by atoms with van der Waals surface area (Å²) in [5.74, 6) is -0.615. The van der Waals surface area contributed by atoms with Gasteiger partial charge in [0.25, 0.3) is 0 Å². The highest BCUT2D eigenvalue weighted by Gasteiger charge is 2.13. The van der Waals surface area contributed by atoms with Gasteiger partial charge in [-0.15, -0.1) is 0 Å². The number of methoxy groups -OCH3 is 1. The first-order valence-corrected chi connectivity index (χ1v) is 6.10. The standard InChI is InChI=1S/C9H16NO5P/c1-3-15-8(12)7(4-5-16-6-11)10-9(13)14-2/h4,11,16H,3,5-6H2,1-2H3,(H,10,13)/b7-4-. The smallest absolute Gasteiger partial charge is 0.411 e. The highest BCUT2D eigenvalue weighted by molar-refractivity contribution is 7.37. The van der Waals surface area contributed by atoms with E-state index < -0.39 is 12.1 Å². The molecule has 0 saturated heterocycles. The number of amides is 1. The number of nitrogens with one attached hydrogen (secondary N) is 1. The predicted octanol–water partition coefficient (Wildman–Crippen LogP) is 0.418. The van der Waals surface area contributed by atoms with Gasteiger partial charge in [0.2, 0.25) is 0 Å². The largest absolute Gasteiger partial charge is 0.461 e. The number of esters is 1. The number of allylic oxidation sites excluding steroid dienone is 1. The molecule has 1 amide bonds. The Bertz CT molecular complexity index is 267. The molecule has 2 N–H and O–H groups in total. The number of carbonyl (C=O) groups excluding carboxylic acids is 2. The van der Waals surface area contributed by atoms with Gasteiger partial charge in [-0.25, -0.2) is 9.59 Å². The first-order chi connectivity index (χ1) is 7.65. The minimum Gasteiger partial charge on any atom is -0.461 e. The van der Waals surface area contributed by atoms with Crippen molar-refractivity contribution in [2.24, 2.45) is 0 Å². The molecule has 0 bridgehead atoms. The quantitative estimate of drug-likeness (QED) is 0.308. The Morgan fingerprint density at radius 1 is 1.50 bits per heavy atom. The number of rotatable bonds is 6. The van der Waals surface area contributed by atoms with Crippen molar-refractivity contribution in [3.8, 4) is 0 Å². The van der Waals surface area contributed by atoms with Crippen LogP contribution in [0.2, 0.25) is 0 Å². The van der Waals surface area contributed by atoms with Crippen molar-refractivity contribution in [3.05, 3.63) is 11.8 Å². The van der Waals surface area contributed by atoms with E-state index in [2.05, 4.69) is 10.1 Å². The molecule has 0 rings (SSSR count). The molecule has 0 saturated carbocycles. The van der Waals surface area contributed by atoms with Gasteiger partial charge < -0.3 is 14.6 Å². The minimum atomic E-state index is -0.730. The molecule has 0 aliphatic carbocycles. The predicted molar refractivity (Wildman–Crippen MR) is 60.5 cm³/mol. The fourth-order valence-electron chi connectivity index (χ4n) is 0.794. The molecule has 0 heterocycles. The molecule has 92 valence electrons. The van der Waals surface area contributed by atoms with E-state index in [1.807, 2.05) is 0 Å². The highest BCUT2D eigenvalue weighted by Crippen LogP contribution is 2.08. The van der Waals surface area contributed by atoms with Gasteiger partial charge in [-0.05, 0) is 19.2 Å². The SMILES string of the molecule is CCOC(=O)/C(=C/CPCO)NC(=O)OC. The van der Waals surface area contributed by atoms with Gasteiger partial charge in [0.1, 0.15) is 5.70 Å². The van der Waals surface area contributed by atoms with Crippen LogP contribution in [0.4, 0.5) is 4.79 Å². The average molecular weight is 249 g/mol. The summed E-state index contributed by atoms with van der Waals surface area (Å²) in [6.45, 7) is 1.89. The monoisotopic (exact) mass is 249 g/mol. The van der Waals surface area contributed by atoms with Crippen LogP contribution in [0.3, 0.4) is 0 Å². The Kier molecular flexibility index (Phi) is 8.48. The third-order valence-corrected chi connectivity index (χ3v) is 2.20. The van der Waals surface area contributed by atoms with E-state index in [0.717, 1.165) is 0 Å². The second-order valence-corrected chi connectivity index (χ2v) is 3.79. The fourth-order valence-corrected chi connectivity index (χ4v) is 1.27. The highest BCUT2D eigenvalue weighted by atomic mass is 31.1. The summed E-state index contributed by atoms with van der Waals surface area (Å²) in [7, 11) is 1.48. The normalized spacial score (nSPS) is 11.6. The summed E-state index contributed by atoms with van der Waals surface area (Å²) < 4.78 is 9.11. The van der Waals surface area contributed by atoms with E-state index in [1.165, 1.54) is 13.2 Å². The molecule has 0 aromatic heterocycles. The van der Waals surface area contributed by atoms with Crippen LogP contribution in [0.5, 0.6) is 0 Å². The van der Waals surface area contributed by atoms with Crippen LogP contribution in [0.1, 0.15) is 6.92 Å². The van der Waals surface area contributed by atoms with Crippen molar-refractivity contribution in [3.63, 3.8) is 0 Å². The van der Waals surface area contributed by atoms with Crippen LogP contribution in [0, 0.1) is 0 Å². The molecule has 7 heteroatoms. The molecular weight excluding hydrogens is 233 g/mol. The maximum absolute atomic E-state index is 11.4. The summed E-state index contributed by atoms with van der Waals surface area (Å²) in [4.78, 5) is 22.3. The Balaban J connectivity index is 4.42. The lowest BCUT2D eigenvalue weighted by molar-refractivity contribution is -0.138. The zero-order valence-corrected chi connectivity index (χ0v) is 10.3. The van der Waals surface area contributed by atoms with Crippen LogP contribution < -0.4 is 5.32 Å². The van der Waals surface area contributed by atoms with Gasteiger partial charge in [0, 0.05) is 0 Å². The fraction of sp³-hybridized carbons (Fsp3) is 0.556. The molecule has 16 heavy (non-hydrogen) atoms. The third kappa shape index (κ3) is 6.37. The van der Waals surface area contributed by atoms with Gasteiger partial charge in [-0.1, -0.05) is 8.58 Å². The van der Waals surface area contributed by atoms with Crippen molar-refractivity contribution in [2.45, 2.75) is 6.92 Å². The summed E-state index contributed by atoms with van der Waals surface area (Å²) in [5.41, 5.74) is 0.0367. The van der Waals surface area contributed by atoms with Gasteiger partial charge in [0.15, 0.2) is 0 Å². The van der Waals surface area contributed by atoms with E-state index >= 15 is 0 Å². The molecule has 0 radical (unpaired) electrons. The Morgan fingerprint density at radius 2 is 2.19 bits per heavy atom. The Labute approximate surface area is 95.8 Å². The molecule has 1 unspecified atom stereocenters. The van der Waals surface area contributed by atoms with Crippen LogP contribution in [-0.2, 0) is 14.3 Å². The van der Waals surface area contributed by atoms with Gasteiger partial charge in [-0.2, -0.15) is 0 Å². The Hall–Kier alpha value is -1.13. The topological polar surface area (TPSA) is 84.9 Å². The van der Waals surface area contributed by atoms with E-state index in [9.17, 15) is 9.59 Å². The number of ether oxygens (including phenoxy) is 2.